The lowest BCUT2D eigenvalue weighted by molar-refractivity contribution is 0.0666. The van der Waals surface area contributed by atoms with Crippen molar-refractivity contribution in [3.05, 3.63) is 29.8 Å². The minimum Gasteiger partial charge on any atom is -0.497 e. The summed E-state index contributed by atoms with van der Waals surface area (Å²) in [5.74, 6) is 3.17. The number of amides is 1. The first-order valence-corrected chi connectivity index (χ1v) is 9.68. The van der Waals surface area contributed by atoms with Crippen molar-refractivity contribution in [2.45, 2.75) is 25.3 Å². The predicted octanol–water partition coefficient (Wildman–Crippen LogP) is 2.74. The molecule has 0 spiro atoms. The molecule has 2 heterocycles. The summed E-state index contributed by atoms with van der Waals surface area (Å²) in [5, 5.41) is 0. The van der Waals surface area contributed by atoms with Gasteiger partial charge in [-0.25, -0.2) is 0 Å². The molecule has 126 valence electrons. The molecule has 1 unspecified atom stereocenters. The molecular weight excluding hydrogens is 308 g/mol. The first kappa shape index (κ1) is 16.7. The van der Waals surface area contributed by atoms with Gasteiger partial charge in [-0.1, -0.05) is 0 Å². The summed E-state index contributed by atoms with van der Waals surface area (Å²) in [4.78, 5) is 17.6. The van der Waals surface area contributed by atoms with Crippen LogP contribution in [0.5, 0.6) is 5.75 Å². The molecule has 1 atom stereocenters. The molecule has 0 N–H and O–H groups in total. The van der Waals surface area contributed by atoms with Crippen LogP contribution >= 0.6 is 11.8 Å². The van der Waals surface area contributed by atoms with Gasteiger partial charge in [0.2, 0.25) is 0 Å². The van der Waals surface area contributed by atoms with Crippen LogP contribution in [-0.2, 0) is 0 Å². The van der Waals surface area contributed by atoms with Gasteiger partial charge in [-0.3, -0.25) is 4.79 Å². The summed E-state index contributed by atoms with van der Waals surface area (Å²) in [5.41, 5.74) is 0.768. The number of ether oxygens (including phenoxy) is 1. The van der Waals surface area contributed by atoms with Crippen molar-refractivity contribution in [2.24, 2.45) is 0 Å². The molecule has 0 aliphatic carbocycles. The number of carbonyl (C=O) groups is 1. The third-order valence-electron chi connectivity index (χ3n) is 4.70. The van der Waals surface area contributed by atoms with Gasteiger partial charge in [-0.2, -0.15) is 11.8 Å². The van der Waals surface area contributed by atoms with Crippen molar-refractivity contribution in [1.29, 1.82) is 0 Å². The lowest BCUT2D eigenvalue weighted by Gasteiger charge is -2.32. The van der Waals surface area contributed by atoms with Crippen molar-refractivity contribution in [1.82, 2.24) is 9.80 Å². The van der Waals surface area contributed by atoms with Crippen LogP contribution in [-0.4, -0.2) is 66.5 Å². The molecule has 2 aliphatic rings. The van der Waals surface area contributed by atoms with E-state index >= 15 is 0 Å². The third-order valence-corrected chi connectivity index (χ3v) is 5.90. The highest BCUT2D eigenvalue weighted by Gasteiger charge is 2.28. The van der Waals surface area contributed by atoms with Gasteiger partial charge in [0.05, 0.1) is 13.2 Å². The molecule has 1 aromatic carbocycles. The van der Waals surface area contributed by atoms with E-state index in [1.54, 1.807) is 7.11 Å². The van der Waals surface area contributed by atoms with Crippen molar-refractivity contribution >= 4 is 17.7 Å². The second-order valence-corrected chi connectivity index (χ2v) is 7.47. The molecular formula is C18H26N2O2S. The molecule has 5 heteroatoms. The van der Waals surface area contributed by atoms with Gasteiger partial charge in [-0.15, -0.1) is 0 Å². The standard InChI is InChI=1S/C18H26N2O2S/c1-22-17-7-5-15(6-8-17)18(21)20-11-4-12-23-14-16(20)13-19-9-2-3-10-19/h5-8,16H,2-4,9-14H2,1H3. The van der Waals surface area contributed by atoms with E-state index in [1.165, 1.54) is 25.9 Å². The molecule has 2 aliphatic heterocycles. The number of hydrogen-bond donors (Lipinski definition) is 0. The molecule has 0 radical (unpaired) electrons. The van der Waals surface area contributed by atoms with Gasteiger partial charge in [0.15, 0.2) is 0 Å². The Morgan fingerprint density at radius 1 is 1.17 bits per heavy atom. The normalized spacial score (nSPS) is 22.8. The van der Waals surface area contributed by atoms with Crippen LogP contribution < -0.4 is 4.74 Å². The second-order valence-electron chi connectivity index (χ2n) is 6.32. The summed E-state index contributed by atoms with van der Waals surface area (Å²) in [6.07, 6.45) is 3.68. The number of carbonyl (C=O) groups excluding carboxylic acids is 1. The average Bonchev–Trinajstić information content (AvgIpc) is 2.99. The number of likely N-dealkylation sites (tertiary alicyclic amines) is 1. The van der Waals surface area contributed by atoms with E-state index in [2.05, 4.69) is 9.80 Å². The molecule has 1 amide bonds. The number of rotatable bonds is 4. The maximum absolute atomic E-state index is 13.0. The molecule has 0 saturated carbocycles. The first-order chi connectivity index (χ1) is 11.3. The third kappa shape index (κ3) is 4.21. The van der Waals surface area contributed by atoms with E-state index in [0.717, 1.165) is 42.3 Å². The summed E-state index contributed by atoms with van der Waals surface area (Å²) in [7, 11) is 1.65. The minimum atomic E-state index is 0.166. The Kier molecular flexibility index (Phi) is 5.84. The zero-order chi connectivity index (χ0) is 16.1. The number of methoxy groups -OCH3 is 1. The van der Waals surface area contributed by atoms with Crippen LogP contribution in [0.1, 0.15) is 29.6 Å². The SMILES string of the molecule is COc1ccc(C(=O)N2CCCSCC2CN2CCCC2)cc1. The Labute approximate surface area is 143 Å². The second kappa shape index (κ2) is 8.06. The average molecular weight is 334 g/mol. The van der Waals surface area contributed by atoms with Crippen molar-refractivity contribution in [3.63, 3.8) is 0 Å². The molecule has 23 heavy (non-hydrogen) atoms. The number of benzene rings is 1. The Hall–Kier alpha value is -1.20. The topological polar surface area (TPSA) is 32.8 Å². The van der Waals surface area contributed by atoms with E-state index in [9.17, 15) is 4.79 Å². The van der Waals surface area contributed by atoms with E-state index in [0.29, 0.717) is 6.04 Å². The van der Waals surface area contributed by atoms with Gasteiger partial charge >= 0.3 is 0 Å². The van der Waals surface area contributed by atoms with Gasteiger partial charge in [0.1, 0.15) is 5.75 Å². The van der Waals surface area contributed by atoms with Crippen molar-refractivity contribution < 1.29 is 9.53 Å². The van der Waals surface area contributed by atoms with Gasteiger partial charge in [-0.05, 0) is 62.4 Å². The minimum absolute atomic E-state index is 0.166. The smallest absolute Gasteiger partial charge is 0.254 e. The monoisotopic (exact) mass is 334 g/mol. The maximum atomic E-state index is 13.0. The Morgan fingerprint density at radius 3 is 2.61 bits per heavy atom. The Bertz CT molecular complexity index is 514. The maximum Gasteiger partial charge on any atom is 0.254 e. The van der Waals surface area contributed by atoms with E-state index in [1.807, 2.05) is 36.0 Å². The van der Waals surface area contributed by atoms with Crippen LogP contribution in [0.3, 0.4) is 0 Å². The van der Waals surface area contributed by atoms with Crippen LogP contribution in [0.2, 0.25) is 0 Å². The van der Waals surface area contributed by atoms with Crippen LogP contribution in [0.15, 0.2) is 24.3 Å². The predicted molar refractivity (Wildman–Crippen MR) is 95.4 cm³/mol. The molecule has 2 fully saturated rings. The lowest BCUT2D eigenvalue weighted by atomic mass is 10.1. The Balaban J connectivity index is 1.72. The molecule has 2 saturated heterocycles. The van der Waals surface area contributed by atoms with E-state index in [-0.39, 0.29) is 5.91 Å². The summed E-state index contributed by atoms with van der Waals surface area (Å²) in [6, 6.07) is 7.83. The van der Waals surface area contributed by atoms with Gasteiger partial charge < -0.3 is 14.5 Å². The van der Waals surface area contributed by atoms with Crippen LogP contribution in [0.4, 0.5) is 0 Å². The number of hydrogen-bond acceptors (Lipinski definition) is 4. The van der Waals surface area contributed by atoms with Gasteiger partial charge in [0.25, 0.3) is 5.91 Å². The van der Waals surface area contributed by atoms with E-state index in [4.69, 9.17) is 4.74 Å². The fourth-order valence-corrected chi connectivity index (χ4v) is 4.47. The lowest BCUT2D eigenvalue weighted by Crippen LogP contribution is -2.47. The number of thioether (sulfide) groups is 1. The van der Waals surface area contributed by atoms with Crippen LogP contribution in [0, 0.1) is 0 Å². The zero-order valence-corrected chi connectivity index (χ0v) is 14.7. The fraction of sp³-hybridized carbons (Fsp3) is 0.611. The largest absolute Gasteiger partial charge is 0.497 e. The Morgan fingerprint density at radius 2 is 1.91 bits per heavy atom. The van der Waals surface area contributed by atoms with E-state index < -0.39 is 0 Å². The molecule has 4 nitrogen and oxygen atoms in total. The fourth-order valence-electron chi connectivity index (χ4n) is 3.41. The molecule has 1 aromatic rings. The van der Waals surface area contributed by atoms with Crippen LogP contribution in [0.25, 0.3) is 0 Å². The number of nitrogens with zero attached hydrogens (tertiary/aromatic N) is 2. The zero-order valence-electron chi connectivity index (χ0n) is 13.9. The molecule has 3 rings (SSSR count). The summed E-state index contributed by atoms with van der Waals surface area (Å²) >= 11 is 1.99. The highest BCUT2D eigenvalue weighted by Crippen LogP contribution is 2.22. The molecule has 0 bridgehead atoms. The summed E-state index contributed by atoms with van der Waals surface area (Å²) < 4.78 is 5.19. The highest BCUT2D eigenvalue weighted by atomic mass is 32.2. The highest BCUT2D eigenvalue weighted by molar-refractivity contribution is 7.99. The van der Waals surface area contributed by atoms with Crippen molar-refractivity contribution in [3.8, 4) is 5.75 Å². The van der Waals surface area contributed by atoms with Gasteiger partial charge in [0, 0.05) is 24.4 Å². The first-order valence-electron chi connectivity index (χ1n) is 8.53. The summed E-state index contributed by atoms with van der Waals surface area (Å²) in [6.45, 7) is 4.27. The van der Waals surface area contributed by atoms with Crippen molar-refractivity contribution in [2.75, 3.05) is 44.8 Å². The molecule has 0 aromatic heterocycles. The quantitative estimate of drug-likeness (QED) is 0.848.